The van der Waals surface area contributed by atoms with Crippen molar-refractivity contribution in [2.45, 2.75) is 68.6 Å². The SMILES string of the molecule is CCCCCC1=CC(c2ccc(O[C@@H]3O[C@H](CO)[C@@H](O)[C@@H](O)[C@H]3O)cc2)SC(N)=N1. The van der Waals surface area contributed by atoms with Crippen molar-refractivity contribution in [2.24, 2.45) is 10.7 Å². The summed E-state index contributed by atoms with van der Waals surface area (Å²) in [7, 11) is 0. The lowest BCUT2D eigenvalue weighted by molar-refractivity contribution is -0.277. The van der Waals surface area contributed by atoms with Crippen LogP contribution in [0.15, 0.2) is 41.0 Å². The number of unbranched alkanes of at least 4 members (excludes halogenated alkanes) is 2. The molecule has 6 atom stereocenters. The third kappa shape index (κ3) is 5.54. The minimum atomic E-state index is -1.47. The molecule has 166 valence electrons. The van der Waals surface area contributed by atoms with Gasteiger partial charge in [0.15, 0.2) is 5.17 Å². The van der Waals surface area contributed by atoms with E-state index in [2.05, 4.69) is 18.0 Å². The maximum absolute atomic E-state index is 10.1. The Morgan fingerprint density at radius 2 is 1.83 bits per heavy atom. The number of nitrogens with two attached hydrogens (primary N) is 1. The Morgan fingerprint density at radius 3 is 2.50 bits per heavy atom. The molecule has 0 amide bonds. The number of hydrogen-bond acceptors (Lipinski definition) is 9. The topological polar surface area (TPSA) is 138 Å². The van der Waals surface area contributed by atoms with Crippen LogP contribution >= 0.6 is 11.8 Å². The zero-order valence-electron chi connectivity index (χ0n) is 16.9. The summed E-state index contributed by atoms with van der Waals surface area (Å²) in [6.45, 7) is 1.66. The van der Waals surface area contributed by atoms with Crippen molar-refractivity contribution in [3.8, 4) is 5.75 Å². The molecule has 1 aromatic rings. The highest BCUT2D eigenvalue weighted by Gasteiger charge is 2.44. The number of hydrogen-bond donors (Lipinski definition) is 5. The third-order valence-corrected chi connectivity index (χ3v) is 6.19. The summed E-state index contributed by atoms with van der Waals surface area (Å²) < 4.78 is 11.0. The summed E-state index contributed by atoms with van der Waals surface area (Å²) in [6.07, 6.45) is -0.113. The van der Waals surface area contributed by atoms with E-state index in [1.165, 1.54) is 11.8 Å². The Kier molecular flexibility index (Phi) is 8.15. The largest absolute Gasteiger partial charge is 0.462 e. The second-order valence-electron chi connectivity index (χ2n) is 7.49. The maximum Gasteiger partial charge on any atom is 0.229 e. The van der Waals surface area contributed by atoms with E-state index in [0.717, 1.165) is 36.9 Å². The zero-order valence-corrected chi connectivity index (χ0v) is 17.7. The van der Waals surface area contributed by atoms with E-state index in [1.807, 2.05) is 12.1 Å². The van der Waals surface area contributed by atoms with Gasteiger partial charge in [-0.05, 0) is 36.6 Å². The lowest BCUT2D eigenvalue weighted by atomic mass is 9.99. The molecule has 2 aliphatic rings. The number of aliphatic hydroxyl groups is 4. The predicted octanol–water partition coefficient (Wildman–Crippen LogP) is 1.43. The fourth-order valence-electron chi connectivity index (χ4n) is 3.44. The predicted molar refractivity (Wildman–Crippen MR) is 115 cm³/mol. The summed E-state index contributed by atoms with van der Waals surface area (Å²) in [5.41, 5.74) is 8.06. The molecule has 0 aromatic heterocycles. The molecule has 0 aliphatic carbocycles. The van der Waals surface area contributed by atoms with Crippen LogP contribution in [-0.4, -0.2) is 62.9 Å². The van der Waals surface area contributed by atoms with Crippen molar-refractivity contribution in [3.63, 3.8) is 0 Å². The Hall–Kier alpha value is -1.62. The van der Waals surface area contributed by atoms with Crippen LogP contribution in [-0.2, 0) is 4.74 Å². The van der Waals surface area contributed by atoms with Crippen molar-refractivity contribution >= 4 is 16.9 Å². The van der Waals surface area contributed by atoms with Gasteiger partial charge in [0.05, 0.1) is 11.9 Å². The number of rotatable bonds is 8. The highest BCUT2D eigenvalue weighted by Crippen LogP contribution is 2.37. The van der Waals surface area contributed by atoms with Crippen LogP contribution in [0.3, 0.4) is 0 Å². The first-order valence-electron chi connectivity index (χ1n) is 10.2. The van der Waals surface area contributed by atoms with Crippen LogP contribution in [0.2, 0.25) is 0 Å². The fraction of sp³-hybridized carbons (Fsp3) is 0.571. The number of aliphatic imine (C=N–C) groups is 1. The van der Waals surface area contributed by atoms with E-state index in [1.54, 1.807) is 12.1 Å². The summed E-state index contributed by atoms with van der Waals surface area (Å²) in [6, 6.07) is 7.28. The number of thioether (sulfide) groups is 1. The maximum atomic E-state index is 10.1. The summed E-state index contributed by atoms with van der Waals surface area (Å²) >= 11 is 1.49. The second kappa shape index (κ2) is 10.6. The van der Waals surface area contributed by atoms with E-state index < -0.39 is 37.3 Å². The standard InChI is InChI=1S/C21H30N2O6S/c1-2-3-4-5-13-10-16(30-21(22)23-13)12-6-8-14(9-7-12)28-20-19(27)18(26)17(25)15(11-24)29-20/h6-10,15-20,24-27H,2-5,11H2,1H3,(H2,22,23)/t15-,16?,17-,18-,19-,20-/m1/s1. The molecular weight excluding hydrogens is 408 g/mol. The summed E-state index contributed by atoms with van der Waals surface area (Å²) in [4.78, 5) is 4.45. The van der Waals surface area contributed by atoms with Crippen LogP contribution in [0, 0.1) is 0 Å². The molecule has 1 fully saturated rings. The molecular formula is C21H30N2O6S. The van der Waals surface area contributed by atoms with Crippen LogP contribution in [0.25, 0.3) is 0 Å². The van der Waals surface area contributed by atoms with E-state index in [4.69, 9.17) is 15.2 Å². The number of amidine groups is 1. The average Bonchev–Trinajstić information content (AvgIpc) is 2.74. The quantitative estimate of drug-likeness (QED) is 0.384. The third-order valence-electron chi connectivity index (χ3n) is 5.19. The lowest BCUT2D eigenvalue weighted by Crippen LogP contribution is -2.60. The first kappa shape index (κ1) is 23.1. The van der Waals surface area contributed by atoms with Crippen molar-refractivity contribution < 1.29 is 29.9 Å². The van der Waals surface area contributed by atoms with Gasteiger partial charge in [-0.15, -0.1) is 0 Å². The molecule has 0 bridgehead atoms. The number of aliphatic hydroxyl groups excluding tert-OH is 4. The van der Waals surface area contributed by atoms with E-state index >= 15 is 0 Å². The van der Waals surface area contributed by atoms with Crippen molar-refractivity contribution in [3.05, 3.63) is 41.6 Å². The smallest absolute Gasteiger partial charge is 0.229 e. The van der Waals surface area contributed by atoms with Gasteiger partial charge in [0.2, 0.25) is 6.29 Å². The molecule has 2 aliphatic heterocycles. The molecule has 0 saturated carbocycles. The Morgan fingerprint density at radius 1 is 1.10 bits per heavy atom. The van der Waals surface area contributed by atoms with Gasteiger partial charge < -0.3 is 35.6 Å². The van der Waals surface area contributed by atoms with Gasteiger partial charge in [-0.25, -0.2) is 4.99 Å². The van der Waals surface area contributed by atoms with Crippen molar-refractivity contribution in [2.75, 3.05) is 6.61 Å². The molecule has 1 unspecified atom stereocenters. The first-order chi connectivity index (χ1) is 14.4. The number of allylic oxidation sites excluding steroid dienone is 1. The van der Waals surface area contributed by atoms with Crippen molar-refractivity contribution in [1.29, 1.82) is 0 Å². The molecule has 1 saturated heterocycles. The van der Waals surface area contributed by atoms with Crippen molar-refractivity contribution in [1.82, 2.24) is 0 Å². The molecule has 8 nitrogen and oxygen atoms in total. The van der Waals surface area contributed by atoms with Gasteiger partial charge in [-0.3, -0.25) is 0 Å². The van der Waals surface area contributed by atoms with E-state index in [0.29, 0.717) is 10.9 Å². The average molecular weight is 439 g/mol. The lowest BCUT2D eigenvalue weighted by Gasteiger charge is -2.39. The minimum absolute atomic E-state index is 0.0560. The fourth-order valence-corrected chi connectivity index (χ4v) is 4.39. The van der Waals surface area contributed by atoms with Crippen LogP contribution in [0.1, 0.15) is 43.4 Å². The summed E-state index contributed by atoms with van der Waals surface area (Å²) in [5, 5.41) is 39.7. The molecule has 30 heavy (non-hydrogen) atoms. The van der Waals surface area contributed by atoms with Gasteiger partial charge in [0, 0.05) is 5.70 Å². The highest BCUT2D eigenvalue weighted by molar-refractivity contribution is 8.14. The van der Waals surface area contributed by atoms with Crippen LogP contribution in [0.4, 0.5) is 0 Å². The summed E-state index contributed by atoms with van der Waals surface area (Å²) in [5.74, 6) is 0.428. The van der Waals surface area contributed by atoms with Crippen LogP contribution < -0.4 is 10.5 Å². The molecule has 0 spiro atoms. The highest BCUT2D eigenvalue weighted by atomic mass is 32.2. The molecule has 2 heterocycles. The zero-order chi connectivity index (χ0) is 21.7. The number of nitrogens with zero attached hydrogens (tertiary/aromatic N) is 1. The van der Waals surface area contributed by atoms with Gasteiger partial charge >= 0.3 is 0 Å². The number of ether oxygens (including phenoxy) is 2. The Labute approximate surface area is 180 Å². The van der Waals surface area contributed by atoms with E-state index in [9.17, 15) is 20.4 Å². The second-order valence-corrected chi connectivity index (χ2v) is 8.65. The molecule has 9 heteroatoms. The molecule has 6 N–H and O–H groups in total. The normalized spacial score (nSPS) is 31.8. The van der Waals surface area contributed by atoms with Crippen LogP contribution in [0.5, 0.6) is 5.75 Å². The van der Waals surface area contributed by atoms with Gasteiger partial charge in [-0.2, -0.15) is 0 Å². The Bertz CT molecular complexity index is 754. The minimum Gasteiger partial charge on any atom is -0.462 e. The molecule has 1 aromatic carbocycles. The Balaban J connectivity index is 1.65. The van der Waals surface area contributed by atoms with Gasteiger partial charge in [0.1, 0.15) is 30.2 Å². The monoisotopic (exact) mass is 438 g/mol. The molecule has 0 radical (unpaired) electrons. The molecule has 3 rings (SSSR count). The van der Waals surface area contributed by atoms with Gasteiger partial charge in [-0.1, -0.05) is 43.7 Å². The first-order valence-corrected chi connectivity index (χ1v) is 11.1. The van der Waals surface area contributed by atoms with E-state index in [-0.39, 0.29) is 5.25 Å². The number of benzene rings is 1. The van der Waals surface area contributed by atoms with Gasteiger partial charge in [0.25, 0.3) is 0 Å².